The lowest BCUT2D eigenvalue weighted by Crippen LogP contribution is -2.59. The highest BCUT2D eigenvalue weighted by Gasteiger charge is 2.41. The zero-order valence-electron chi connectivity index (χ0n) is 17.5. The van der Waals surface area contributed by atoms with E-state index in [9.17, 15) is 14.4 Å². The highest BCUT2D eigenvalue weighted by atomic mass is 16.2. The van der Waals surface area contributed by atoms with Crippen LogP contribution in [0.15, 0.2) is 36.5 Å². The molecule has 2 saturated heterocycles. The van der Waals surface area contributed by atoms with E-state index in [2.05, 4.69) is 5.10 Å². The maximum Gasteiger partial charge on any atom is 0.274 e. The Hall–Kier alpha value is -3.16. The number of benzene rings is 1. The monoisotopic (exact) mass is 409 g/mol. The largest absolute Gasteiger partial charge is 0.335 e. The normalized spacial score (nSPS) is 19.7. The van der Waals surface area contributed by atoms with Crippen molar-refractivity contribution in [2.45, 2.75) is 39.4 Å². The van der Waals surface area contributed by atoms with Gasteiger partial charge in [0.2, 0.25) is 11.8 Å². The minimum Gasteiger partial charge on any atom is -0.335 e. The third kappa shape index (κ3) is 3.94. The Morgan fingerprint density at radius 1 is 1.17 bits per heavy atom. The second-order valence-electron chi connectivity index (χ2n) is 7.92. The molecular weight excluding hydrogens is 382 g/mol. The van der Waals surface area contributed by atoms with Crippen LogP contribution in [-0.4, -0.2) is 74.4 Å². The van der Waals surface area contributed by atoms with Gasteiger partial charge in [0.15, 0.2) is 0 Å². The molecular formula is C22H27N5O3. The van der Waals surface area contributed by atoms with Gasteiger partial charge < -0.3 is 14.7 Å². The number of carbonyl (C=O) groups excluding carboxylic acids is 3. The van der Waals surface area contributed by atoms with E-state index in [4.69, 9.17) is 0 Å². The van der Waals surface area contributed by atoms with Crippen LogP contribution in [-0.2, 0) is 22.7 Å². The molecule has 1 aromatic carbocycles. The summed E-state index contributed by atoms with van der Waals surface area (Å²) in [5, 5.41) is 4.29. The molecule has 2 aliphatic heterocycles. The maximum atomic E-state index is 13.1. The van der Waals surface area contributed by atoms with Gasteiger partial charge >= 0.3 is 0 Å². The summed E-state index contributed by atoms with van der Waals surface area (Å²) >= 11 is 0. The predicted molar refractivity (Wildman–Crippen MR) is 111 cm³/mol. The summed E-state index contributed by atoms with van der Waals surface area (Å²) < 4.78 is 1.71. The molecule has 4 rings (SSSR count). The van der Waals surface area contributed by atoms with Crippen molar-refractivity contribution in [1.82, 2.24) is 24.5 Å². The minimum atomic E-state index is -0.512. The molecule has 1 unspecified atom stereocenters. The van der Waals surface area contributed by atoms with Crippen LogP contribution in [0.3, 0.4) is 0 Å². The molecule has 8 heteroatoms. The van der Waals surface area contributed by atoms with Crippen LogP contribution in [0, 0.1) is 6.92 Å². The summed E-state index contributed by atoms with van der Waals surface area (Å²) in [5.41, 5.74) is 2.54. The summed E-state index contributed by atoms with van der Waals surface area (Å²) in [6.07, 6.45) is 2.22. The third-order valence-electron chi connectivity index (χ3n) is 5.83. The smallest absolute Gasteiger partial charge is 0.274 e. The summed E-state index contributed by atoms with van der Waals surface area (Å²) in [5.74, 6) is -0.254. The van der Waals surface area contributed by atoms with Crippen LogP contribution in [0.25, 0.3) is 0 Å². The van der Waals surface area contributed by atoms with Gasteiger partial charge in [0.25, 0.3) is 5.91 Å². The molecule has 30 heavy (non-hydrogen) atoms. The fraction of sp³-hybridized carbons (Fsp3) is 0.455. The average molecular weight is 409 g/mol. The van der Waals surface area contributed by atoms with Crippen molar-refractivity contribution in [3.8, 4) is 0 Å². The first-order valence-electron chi connectivity index (χ1n) is 10.4. The Balaban J connectivity index is 1.46. The van der Waals surface area contributed by atoms with Crippen LogP contribution in [0.1, 0.15) is 35.0 Å². The molecule has 0 bridgehead atoms. The van der Waals surface area contributed by atoms with E-state index in [0.717, 1.165) is 11.1 Å². The molecule has 1 atom stereocenters. The molecule has 1 aromatic heterocycles. The SMILES string of the molecule is CCn1ccc(C(=O)N2CCC3C(=O)N(Cc4cccc(C)c4)CC(=O)N3CC2)n1. The Morgan fingerprint density at radius 3 is 2.73 bits per heavy atom. The fourth-order valence-electron chi connectivity index (χ4n) is 4.21. The summed E-state index contributed by atoms with van der Waals surface area (Å²) in [7, 11) is 0. The van der Waals surface area contributed by atoms with Gasteiger partial charge in [0, 0.05) is 38.9 Å². The first-order chi connectivity index (χ1) is 14.5. The Labute approximate surface area is 176 Å². The number of hydrogen-bond acceptors (Lipinski definition) is 4. The van der Waals surface area contributed by atoms with Crippen LogP contribution in [0.4, 0.5) is 0 Å². The van der Waals surface area contributed by atoms with Gasteiger partial charge in [-0.2, -0.15) is 5.10 Å². The zero-order chi connectivity index (χ0) is 21.3. The molecule has 0 N–H and O–H groups in total. The summed E-state index contributed by atoms with van der Waals surface area (Å²) in [6.45, 7) is 6.38. The minimum absolute atomic E-state index is 0.0410. The van der Waals surface area contributed by atoms with Crippen LogP contribution >= 0.6 is 0 Å². The van der Waals surface area contributed by atoms with Crippen molar-refractivity contribution in [1.29, 1.82) is 0 Å². The number of aryl methyl sites for hydroxylation is 2. The topological polar surface area (TPSA) is 78.8 Å². The van der Waals surface area contributed by atoms with Gasteiger partial charge in [-0.05, 0) is 31.9 Å². The molecule has 2 aliphatic rings. The van der Waals surface area contributed by atoms with E-state index in [1.807, 2.05) is 38.1 Å². The van der Waals surface area contributed by atoms with Gasteiger partial charge in [-0.25, -0.2) is 0 Å². The number of fused-ring (bicyclic) bond motifs is 1. The fourth-order valence-corrected chi connectivity index (χ4v) is 4.21. The van der Waals surface area contributed by atoms with Crippen molar-refractivity contribution < 1.29 is 14.4 Å². The van der Waals surface area contributed by atoms with E-state index in [1.165, 1.54) is 0 Å². The van der Waals surface area contributed by atoms with Crippen molar-refractivity contribution >= 4 is 17.7 Å². The van der Waals surface area contributed by atoms with E-state index in [-0.39, 0.29) is 24.3 Å². The summed E-state index contributed by atoms with van der Waals surface area (Å²) in [4.78, 5) is 43.8. The highest BCUT2D eigenvalue weighted by Crippen LogP contribution is 2.22. The van der Waals surface area contributed by atoms with Crippen LogP contribution in [0.5, 0.6) is 0 Å². The lowest BCUT2D eigenvalue weighted by Gasteiger charge is -2.39. The lowest BCUT2D eigenvalue weighted by atomic mass is 10.1. The molecule has 0 spiro atoms. The molecule has 0 saturated carbocycles. The zero-order valence-corrected chi connectivity index (χ0v) is 17.5. The number of piperazine rings is 1. The number of nitrogens with zero attached hydrogens (tertiary/aromatic N) is 5. The van der Waals surface area contributed by atoms with Crippen LogP contribution < -0.4 is 0 Å². The number of aromatic nitrogens is 2. The number of hydrogen-bond donors (Lipinski definition) is 0. The Kier molecular flexibility index (Phi) is 5.57. The highest BCUT2D eigenvalue weighted by molar-refractivity contribution is 5.95. The van der Waals surface area contributed by atoms with Crippen LogP contribution in [0.2, 0.25) is 0 Å². The number of rotatable bonds is 4. The molecule has 2 aromatic rings. The van der Waals surface area contributed by atoms with Crippen molar-refractivity contribution in [3.05, 3.63) is 53.3 Å². The van der Waals surface area contributed by atoms with E-state index in [1.54, 1.807) is 31.6 Å². The van der Waals surface area contributed by atoms with Gasteiger partial charge in [0.05, 0.1) is 0 Å². The second kappa shape index (κ2) is 8.30. The number of amides is 3. The quantitative estimate of drug-likeness (QED) is 0.763. The second-order valence-corrected chi connectivity index (χ2v) is 7.92. The number of carbonyl (C=O) groups is 3. The van der Waals surface area contributed by atoms with E-state index in [0.29, 0.717) is 44.8 Å². The van der Waals surface area contributed by atoms with E-state index < -0.39 is 6.04 Å². The van der Waals surface area contributed by atoms with Crippen molar-refractivity contribution in [2.24, 2.45) is 0 Å². The van der Waals surface area contributed by atoms with Gasteiger partial charge in [-0.15, -0.1) is 0 Å². The molecule has 0 radical (unpaired) electrons. The predicted octanol–water partition coefficient (Wildman–Crippen LogP) is 1.30. The Bertz CT molecular complexity index is 969. The molecule has 3 amide bonds. The van der Waals surface area contributed by atoms with E-state index >= 15 is 0 Å². The average Bonchev–Trinajstić information content (AvgIpc) is 3.10. The Morgan fingerprint density at radius 2 is 2.00 bits per heavy atom. The standard InChI is InChI=1S/C22H27N5O3/c1-3-26-10-7-18(23-26)21(29)24-9-8-19-22(30)25(15-20(28)27(19)12-11-24)14-17-6-4-5-16(2)13-17/h4-7,10,13,19H,3,8-9,11-12,14-15H2,1-2H3. The van der Waals surface area contributed by atoms with Gasteiger partial charge in [-0.1, -0.05) is 29.8 Å². The molecule has 3 heterocycles. The molecule has 0 aliphatic carbocycles. The first-order valence-corrected chi connectivity index (χ1v) is 10.4. The molecule has 8 nitrogen and oxygen atoms in total. The van der Waals surface area contributed by atoms with Crippen molar-refractivity contribution in [2.75, 3.05) is 26.2 Å². The maximum absolute atomic E-state index is 13.1. The third-order valence-corrected chi connectivity index (χ3v) is 5.83. The van der Waals surface area contributed by atoms with Gasteiger partial charge in [0.1, 0.15) is 18.3 Å². The molecule has 158 valence electrons. The first kappa shape index (κ1) is 20.1. The molecule has 2 fully saturated rings. The van der Waals surface area contributed by atoms with Gasteiger partial charge in [-0.3, -0.25) is 19.1 Å². The van der Waals surface area contributed by atoms with Crippen molar-refractivity contribution in [3.63, 3.8) is 0 Å². The lowest BCUT2D eigenvalue weighted by molar-refractivity contribution is -0.156. The summed E-state index contributed by atoms with van der Waals surface area (Å²) in [6, 6.07) is 9.18.